The van der Waals surface area contributed by atoms with Crippen LogP contribution in [0.3, 0.4) is 0 Å². The summed E-state index contributed by atoms with van der Waals surface area (Å²) in [5, 5.41) is 12.8. The van der Waals surface area contributed by atoms with Gasteiger partial charge in [-0.05, 0) is 31.1 Å². The van der Waals surface area contributed by atoms with E-state index in [1.165, 1.54) is 0 Å². The lowest BCUT2D eigenvalue weighted by Gasteiger charge is -2.19. The van der Waals surface area contributed by atoms with Gasteiger partial charge in [0, 0.05) is 6.54 Å². The van der Waals surface area contributed by atoms with Crippen molar-refractivity contribution in [3.63, 3.8) is 0 Å². The van der Waals surface area contributed by atoms with Gasteiger partial charge in [-0.1, -0.05) is 38.1 Å². The molecule has 0 spiro atoms. The molecule has 0 aromatic heterocycles. The molecular formula is C15H24N2O2. The fraction of sp³-hybridized carbons (Fsp3) is 0.533. The monoisotopic (exact) mass is 264 g/mol. The smallest absolute Gasteiger partial charge is 0.234 e. The van der Waals surface area contributed by atoms with Gasteiger partial charge in [0.25, 0.3) is 0 Å². The lowest BCUT2D eigenvalue weighted by molar-refractivity contribution is -0.122. The molecular weight excluding hydrogens is 240 g/mol. The van der Waals surface area contributed by atoms with Crippen molar-refractivity contribution >= 4 is 5.91 Å². The zero-order valence-corrected chi connectivity index (χ0v) is 12.0. The summed E-state index contributed by atoms with van der Waals surface area (Å²) in [6, 6.07) is 7.67. The average molecular weight is 264 g/mol. The second kappa shape index (κ2) is 7.92. The van der Waals surface area contributed by atoms with Gasteiger partial charge in [0.1, 0.15) is 0 Å². The molecule has 4 heteroatoms. The number of aryl methyl sites for hydroxylation is 1. The molecule has 1 aromatic carbocycles. The Kier molecular flexibility index (Phi) is 6.53. The number of rotatable bonds is 7. The maximum atomic E-state index is 11.7. The SMILES string of the molecule is CCN(CC)CC(=O)NCC(O)c1ccccc1C. The molecule has 0 aliphatic heterocycles. The van der Waals surface area contributed by atoms with E-state index in [0.717, 1.165) is 24.2 Å². The molecule has 0 radical (unpaired) electrons. The summed E-state index contributed by atoms with van der Waals surface area (Å²) in [4.78, 5) is 13.8. The van der Waals surface area contributed by atoms with Crippen LogP contribution in [0.15, 0.2) is 24.3 Å². The van der Waals surface area contributed by atoms with Crippen LogP contribution in [0, 0.1) is 6.92 Å². The quantitative estimate of drug-likeness (QED) is 0.784. The van der Waals surface area contributed by atoms with Crippen LogP contribution < -0.4 is 5.32 Å². The molecule has 0 saturated heterocycles. The largest absolute Gasteiger partial charge is 0.387 e. The van der Waals surface area contributed by atoms with E-state index in [4.69, 9.17) is 0 Å². The summed E-state index contributed by atoms with van der Waals surface area (Å²) in [6.07, 6.45) is -0.651. The predicted molar refractivity (Wildman–Crippen MR) is 76.9 cm³/mol. The van der Waals surface area contributed by atoms with Crippen molar-refractivity contribution in [3.8, 4) is 0 Å². The normalized spacial score (nSPS) is 12.5. The molecule has 1 aromatic rings. The lowest BCUT2D eigenvalue weighted by atomic mass is 10.0. The van der Waals surface area contributed by atoms with Gasteiger partial charge in [0.2, 0.25) is 5.91 Å². The molecule has 0 aliphatic carbocycles. The van der Waals surface area contributed by atoms with E-state index in [9.17, 15) is 9.90 Å². The van der Waals surface area contributed by atoms with Gasteiger partial charge in [0.15, 0.2) is 0 Å². The summed E-state index contributed by atoms with van der Waals surface area (Å²) >= 11 is 0. The van der Waals surface area contributed by atoms with Crippen LogP contribution >= 0.6 is 0 Å². The summed E-state index contributed by atoms with van der Waals surface area (Å²) in [5.41, 5.74) is 1.90. The van der Waals surface area contributed by atoms with Crippen molar-refractivity contribution in [1.29, 1.82) is 0 Å². The van der Waals surface area contributed by atoms with Crippen molar-refractivity contribution in [2.45, 2.75) is 26.9 Å². The Morgan fingerprint density at radius 1 is 1.32 bits per heavy atom. The molecule has 1 atom stereocenters. The Balaban J connectivity index is 2.44. The Morgan fingerprint density at radius 2 is 1.95 bits per heavy atom. The van der Waals surface area contributed by atoms with Gasteiger partial charge in [-0.3, -0.25) is 9.69 Å². The van der Waals surface area contributed by atoms with Gasteiger partial charge < -0.3 is 10.4 Å². The van der Waals surface area contributed by atoms with Crippen molar-refractivity contribution in [2.75, 3.05) is 26.2 Å². The number of benzene rings is 1. The van der Waals surface area contributed by atoms with Crippen LogP contribution in [0.5, 0.6) is 0 Å². The van der Waals surface area contributed by atoms with E-state index in [0.29, 0.717) is 6.54 Å². The summed E-state index contributed by atoms with van der Waals surface area (Å²) in [5.74, 6) is -0.0451. The molecule has 0 aliphatic rings. The van der Waals surface area contributed by atoms with Gasteiger partial charge in [-0.2, -0.15) is 0 Å². The average Bonchev–Trinajstić information content (AvgIpc) is 2.42. The molecule has 1 amide bonds. The van der Waals surface area contributed by atoms with Crippen LogP contribution in [0.4, 0.5) is 0 Å². The highest BCUT2D eigenvalue weighted by Crippen LogP contribution is 2.16. The summed E-state index contributed by atoms with van der Waals surface area (Å²) in [7, 11) is 0. The molecule has 0 saturated carbocycles. The number of likely N-dealkylation sites (N-methyl/N-ethyl adjacent to an activating group) is 1. The number of aliphatic hydroxyl groups is 1. The Hall–Kier alpha value is -1.39. The highest BCUT2D eigenvalue weighted by Gasteiger charge is 2.12. The van der Waals surface area contributed by atoms with Crippen molar-refractivity contribution in [1.82, 2.24) is 10.2 Å². The van der Waals surface area contributed by atoms with Gasteiger partial charge >= 0.3 is 0 Å². The minimum atomic E-state index is -0.651. The number of hydrogen-bond acceptors (Lipinski definition) is 3. The highest BCUT2D eigenvalue weighted by atomic mass is 16.3. The number of carbonyl (C=O) groups is 1. The number of carbonyl (C=O) groups excluding carboxylic acids is 1. The zero-order chi connectivity index (χ0) is 14.3. The van der Waals surface area contributed by atoms with Gasteiger partial charge in [0.05, 0.1) is 12.6 Å². The maximum Gasteiger partial charge on any atom is 0.234 e. The van der Waals surface area contributed by atoms with Crippen LogP contribution in [0.2, 0.25) is 0 Å². The molecule has 1 rings (SSSR count). The van der Waals surface area contributed by atoms with Crippen LogP contribution in [0.1, 0.15) is 31.1 Å². The lowest BCUT2D eigenvalue weighted by Crippen LogP contribution is -2.38. The highest BCUT2D eigenvalue weighted by molar-refractivity contribution is 5.78. The van der Waals surface area contributed by atoms with Crippen LogP contribution in [-0.4, -0.2) is 42.1 Å². The third kappa shape index (κ3) is 5.01. The summed E-state index contributed by atoms with van der Waals surface area (Å²) in [6.45, 7) is 8.35. The first-order valence-corrected chi connectivity index (χ1v) is 6.81. The minimum Gasteiger partial charge on any atom is -0.387 e. The van der Waals surface area contributed by atoms with E-state index < -0.39 is 6.10 Å². The fourth-order valence-corrected chi connectivity index (χ4v) is 1.99. The van der Waals surface area contributed by atoms with E-state index in [2.05, 4.69) is 5.32 Å². The van der Waals surface area contributed by atoms with Crippen molar-refractivity contribution in [2.24, 2.45) is 0 Å². The van der Waals surface area contributed by atoms with Crippen LogP contribution in [0.25, 0.3) is 0 Å². The van der Waals surface area contributed by atoms with E-state index >= 15 is 0 Å². The zero-order valence-electron chi connectivity index (χ0n) is 12.0. The first-order chi connectivity index (χ1) is 9.08. The first kappa shape index (κ1) is 15.7. The Morgan fingerprint density at radius 3 is 2.53 bits per heavy atom. The molecule has 4 nitrogen and oxygen atoms in total. The molecule has 0 heterocycles. The van der Waals surface area contributed by atoms with E-state index in [1.807, 2.05) is 49.9 Å². The third-order valence-electron chi connectivity index (χ3n) is 3.30. The molecule has 0 bridgehead atoms. The predicted octanol–water partition coefficient (Wildman–Crippen LogP) is 1.49. The van der Waals surface area contributed by atoms with Crippen molar-refractivity contribution in [3.05, 3.63) is 35.4 Å². The maximum absolute atomic E-state index is 11.7. The van der Waals surface area contributed by atoms with Crippen molar-refractivity contribution < 1.29 is 9.90 Å². The number of aliphatic hydroxyl groups excluding tert-OH is 1. The second-order valence-corrected chi connectivity index (χ2v) is 4.64. The van der Waals surface area contributed by atoms with Gasteiger partial charge in [-0.25, -0.2) is 0 Å². The standard InChI is InChI=1S/C15H24N2O2/c1-4-17(5-2)11-15(19)16-10-14(18)13-9-7-6-8-12(13)3/h6-9,14,18H,4-5,10-11H2,1-3H3,(H,16,19). The number of nitrogens with zero attached hydrogens (tertiary/aromatic N) is 1. The van der Waals surface area contributed by atoms with E-state index in [-0.39, 0.29) is 12.5 Å². The molecule has 19 heavy (non-hydrogen) atoms. The Bertz CT molecular complexity index is 403. The number of amides is 1. The van der Waals surface area contributed by atoms with Crippen LogP contribution in [-0.2, 0) is 4.79 Å². The van der Waals surface area contributed by atoms with E-state index in [1.54, 1.807) is 0 Å². The molecule has 2 N–H and O–H groups in total. The van der Waals surface area contributed by atoms with Gasteiger partial charge in [-0.15, -0.1) is 0 Å². The topological polar surface area (TPSA) is 52.6 Å². The molecule has 0 fully saturated rings. The minimum absolute atomic E-state index is 0.0451. The molecule has 1 unspecified atom stereocenters. The third-order valence-corrected chi connectivity index (χ3v) is 3.30. The number of nitrogens with one attached hydrogen (secondary N) is 1. The Labute approximate surface area is 115 Å². The summed E-state index contributed by atoms with van der Waals surface area (Å²) < 4.78 is 0. The second-order valence-electron chi connectivity index (χ2n) is 4.64. The fourth-order valence-electron chi connectivity index (χ4n) is 1.99. The number of hydrogen-bond donors (Lipinski definition) is 2. The first-order valence-electron chi connectivity index (χ1n) is 6.81. The molecule has 106 valence electrons.